The van der Waals surface area contributed by atoms with Gasteiger partial charge in [0.1, 0.15) is 11.6 Å². The van der Waals surface area contributed by atoms with E-state index < -0.39 is 0 Å². The zero-order chi connectivity index (χ0) is 40.0. The molecule has 59 heavy (non-hydrogen) atoms. The van der Waals surface area contributed by atoms with Crippen molar-refractivity contribution in [3.05, 3.63) is 175 Å². The Hall–Kier alpha value is -6.26. The molecule has 9 rings (SSSR count). The largest absolute Gasteiger partial charge is 2.00 e. The molecule has 0 bridgehead atoms. The molecule has 6 aromatic carbocycles. The first-order chi connectivity index (χ1) is 28.2. The van der Waals surface area contributed by atoms with E-state index in [1.54, 1.807) is 18.3 Å². The van der Waals surface area contributed by atoms with Gasteiger partial charge in [0, 0.05) is 46.1 Å². The summed E-state index contributed by atoms with van der Waals surface area (Å²) in [5.74, 6) is 1.85. The fourth-order valence-corrected chi connectivity index (χ4v) is 8.05. The third-order valence-corrected chi connectivity index (χ3v) is 10.9. The Kier molecular flexibility index (Phi) is 10.8. The summed E-state index contributed by atoms with van der Waals surface area (Å²) in [5.41, 5.74) is 12.6. The van der Waals surface area contributed by atoms with Gasteiger partial charge in [-0.1, -0.05) is 137 Å². The second-order valence-corrected chi connectivity index (χ2v) is 15.6. The molecule has 0 fully saturated rings. The number of aromatic hydroxyl groups is 1. The molecule has 1 N–H and O–H groups in total. The monoisotopic (exact) mass is 862 g/mol. The summed E-state index contributed by atoms with van der Waals surface area (Å²) >= 11 is 0. The van der Waals surface area contributed by atoms with Crippen LogP contribution in [-0.2, 0) is 38.7 Å². The third kappa shape index (κ3) is 7.38. The number of pyridine rings is 1. The van der Waals surface area contributed by atoms with Gasteiger partial charge in [-0.3, -0.25) is 4.68 Å². The molecular weight excluding hydrogens is 819 g/mol. The van der Waals surface area contributed by atoms with Crippen LogP contribution in [0.5, 0.6) is 17.2 Å². The van der Waals surface area contributed by atoms with E-state index in [4.69, 9.17) is 9.84 Å². The number of aromatic nitrogens is 4. The maximum Gasteiger partial charge on any atom is 2.00 e. The predicted molar refractivity (Wildman–Crippen MR) is 235 cm³/mol. The van der Waals surface area contributed by atoms with E-state index in [1.165, 1.54) is 16.7 Å². The molecule has 0 saturated heterocycles. The Balaban J connectivity index is 0.00000484. The molecular formula is C52H44N4O2Pd. The van der Waals surface area contributed by atoms with Crippen LogP contribution in [0.4, 0.5) is 0 Å². The van der Waals surface area contributed by atoms with Crippen LogP contribution in [0.3, 0.4) is 0 Å². The number of ether oxygens (including phenoxy) is 1. The average Bonchev–Trinajstić information content (AvgIpc) is 3.79. The molecule has 9 aromatic rings. The first-order valence-electron chi connectivity index (χ1n) is 19.9. The van der Waals surface area contributed by atoms with E-state index in [9.17, 15) is 5.11 Å². The van der Waals surface area contributed by atoms with Crippen LogP contribution in [0.1, 0.15) is 51.6 Å². The molecule has 294 valence electrons. The van der Waals surface area contributed by atoms with Crippen molar-refractivity contribution in [1.29, 1.82) is 0 Å². The average molecular weight is 863 g/mol. The molecule has 0 spiro atoms. The topological polar surface area (TPSA) is 65.1 Å². The molecule has 7 heteroatoms. The zero-order valence-electron chi connectivity index (χ0n) is 33.7. The smallest absolute Gasteiger partial charge is 0.509 e. The van der Waals surface area contributed by atoms with Gasteiger partial charge in [-0.2, -0.15) is 11.2 Å². The maximum absolute atomic E-state index is 10.4. The fraction of sp³-hybridized carbons (Fsp3) is 0.154. The Morgan fingerprint density at radius 1 is 0.661 bits per heavy atom. The Morgan fingerprint density at radius 2 is 1.34 bits per heavy atom. The number of fused-ring (bicyclic) bond motifs is 3. The van der Waals surface area contributed by atoms with E-state index in [-0.39, 0.29) is 31.6 Å². The first kappa shape index (κ1) is 39.6. The quantitative estimate of drug-likeness (QED) is 0.116. The molecule has 0 radical (unpaired) electrons. The van der Waals surface area contributed by atoms with Crippen LogP contribution < -0.4 is 4.74 Å². The molecule has 6 nitrogen and oxygen atoms in total. The SMILES string of the molecule is CCc1nn(-c2[c-]c(Oc3[c-]c4c(cc3)c3ccccc3n4-c3cc(O)ccn3)cc(C(C)(C)C)c2)c(CC)c1-c1c(-c2ccccc2)cccc1-c1ccccc1.[Pd+2]. The number of nitrogens with zero attached hydrogens (tertiary/aromatic N) is 4. The van der Waals surface area contributed by atoms with Gasteiger partial charge in [0.15, 0.2) is 0 Å². The normalized spacial score (nSPS) is 11.5. The summed E-state index contributed by atoms with van der Waals surface area (Å²) in [6.07, 6.45) is 3.12. The van der Waals surface area contributed by atoms with Crippen LogP contribution in [0.25, 0.3) is 66.7 Å². The van der Waals surface area contributed by atoms with Gasteiger partial charge in [0.2, 0.25) is 0 Å². The van der Waals surface area contributed by atoms with Gasteiger partial charge in [0.05, 0.1) is 5.69 Å². The second kappa shape index (κ2) is 16.2. The van der Waals surface area contributed by atoms with Gasteiger partial charge in [0.25, 0.3) is 0 Å². The van der Waals surface area contributed by atoms with Crippen LogP contribution >= 0.6 is 0 Å². The van der Waals surface area contributed by atoms with E-state index >= 15 is 0 Å². The number of aryl methyl sites for hydroxylation is 1. The first-order valence-corrected chi connectivity index (χ1v) is 19.9. The summed E-state index contributed by atoms with van der Waals surface area (Å²) in [5, 5.41) is 17.9. The van der Waals surface area contributed by atoms with E-state index in [0.717, 1.165) is 74.0 Å². The van der Waals surface area contributed by atoms with Crippen molar-refractivity contribution in [2.24, 2.45) is 0 Å². The van der Waals surface area contributed by atoms with Crippen molar-refractivity contribution in [2.75, 3.05) is 0 Å². The van der Waals surface area contributed by atoms with Gasteiger partial charge in [-0.05, 0) is 63.7 Å². The van der Waals surface area contributed by atoms with Crippen molar-refractivity contribution < 1.29 is 30.3 Å². The maximum atomic E-state index is 10.4. The molecule has 0 atom stereocenters. The molecule has 0 aliphatic heterocycles. The molecule has 0 aliphatic rings. The van der Waals surface area contributed by atoms with Crippen molar-refractivity contribution in [2.45, 2.75) is 52.9 Å². The van der Waals surface area contributed by atoms with Crippen LogP contribution in [0.15, 0.2) is 146 Å². The van der Waals surface area contributed by atoms with E-state index in [2.05, 4.69) is 166 Å². The summed E-state index contributed by atoms with van der Waals surface area (Å²) in [6.45, 7) is 11.0. The van der Waals surface area contributed by atoms with E-state index in [0.29, 0.717) is 17.3 Å². The minimum atomic E-state index is -0.195. The van der Waals surface area contributed by atoms with Gasteiger partial charge in [-0.25, -0.2) is 4.98 Å². The van der Waals surface area contributed by atoms with Crippen LogP contribution in [0, 0.1) is 12.1 Å². The van der Waals surface area contributed by atoms with Crippen LogP contribution in [0.2, 0.25) is 0 Å². The molecule has 0 aliphatic carbocycles. The molecule has 3 aromatic heterocycles. The van der Waals surface area contributed by atoms with Crippen LogP contribution in [-0.4, -0.2) is 24.4 Å². The zero-order valence-corrected chi connectivity index (χ0v) is 35.3. The minimum absolute atomic E-state index is 0. The van der Waals surface area contributed by atoms with E-state index in [1.807, 2.05) is 22.8 Å². The number of benzene rings is 6. The molecule has 0 amide bonds. The van der Waals surface area contributed by atoms with Crippen molar-refractivity contribution in [3.63, 3.8) is 0 Å². The molecule has 0 unspecified atom stereocenters. The molecule has 0 saturated carbocycles. The minimum Gasteiger partial charge on any atom is -0.509 e. The third-order valence-electron chi connectivity index (χ3n) is 10.9. The fourth-order valence-electron chi connectivity index (χ4n) is 8.05. The standard InChI is InChI=1S/C52H44N4O2.Pd/c1-6-45-51(50-41(34-17-10-8-11-18-34)22-16-23-42(50)35-19-12-9-13-20-35)46(7-2)56(54-45)37-29-36(52(3,4)5)30-40(31-37)58-39-25-26-44-43-21-14-15-24-47(43)55(48(44)33-39)49-32-38(57)27-28-53-49;/h8-30,32H,6-7H2,1-5H3,(H,53,57);/q-2;+2. The van der Waals surface area contributed by atoms with Crippen molar-refractivity contribution in [1.82, 2.24) is 19.3 Å². The van der Waals surface area contributed by atoms with Crippen molar-refractivity contribution in [3.8, 4) is 62.1 Å². The number of hydrogen-bond donors (Lipinski definition) is 1. The molecule has 3 heterocycles. The summed E-state index contributed by atoms with van der Waals surface area (Å²) in [7, 11) is 0. The van der Waals surface area contributed by atoms with Gasteiger partial charge >= 0.3 is 20.4 Å². The Bertz CT molecular complexity index is 2890. The predicted octanol–water partition coefficient (Wildman–Crippen LogP) is 12.9. The Labute approximate surface area is 359 Å². The number of rotatable bonds is 9. The number of hydrogen-bond acceptors (Lipinski definition) is 4. The summed E-state index contributed by atoms with van der Waals surface area (Å²) < 4.78 is 10.8. The number of para-hydroxylation sites is 1. The summed E-state index contributed by atoms with van der Waals surface area (Å²) in [4.78, 5) is 4.61. The van der Waals surface area contributed by atoms with Crippen molar-refractivity contribution >= 4 is 21.8 Å². The van der Waals surface area contributed by atoms with Gasteiger partial charge in [-0.15, -0.1) is 41.3 Å². The Morgan fingerprint density at radius 3 is 1.98 bits per heavy atom. The van der Waals surface area contributed by atoms with Gasteiger partial charge < -0.3 is 14.4 Å². The second-order valence-electron chi connectivity index (χ2n) is 15.6. The summed E-state index contributed by atoms with van der Waals surface area (Å²) in [6, 6.07) is 54.8.